The lowest BCUT2D eigenvalue weighted by Gasteiger charge is -2.24. The fourth-order valence-electron chi connectivity index (χ4n) is 1.71. The van der Waals surface area contributed by atoms with E-state index in [4.69, 9.17) is 5.11 Å². The van der Waals surface area contributed by atoms with Gasteiger partial charge in [-0.15, -0.1) is 11.3 Å². The van der Waals surface area contributed by atoms with Crippen LogP contribution in [0.15, 0.2) is 0 Å². The molecule has 4 heteroatoms. The van der Waals surface area contributed by atoms with Gasteiger partial charge in [0.05, 0.1) is 17.3 Å². The smallest absolute Gasteiger partial charge is 0.0900 e. The lowest BCUT2D eigenvalue weighted by molar-refractivity contribution is 0.185. The Morgan fingerprint density at radius 1 is 1.47 bits per heavy atom. The lowest BCUT2D eigenvalue weighted by Crippen LogP contribution is -2.32. The van der Waals surface area contributed by atoms with Crippen LogP contribution in [-0.4, -0.2) is 34.7 Å². The third-order valence-corrected chi connectivity index (χ3v) is 3.33. The number of rotatable bonds is 2. The number of nitrogens with zero attached hydrogens (tertiary/aromatic N) is 2. The summed E-state index contributed by atoms with van der Waals surface area (Å²) in [4.78, 5) is 8.14. The van der Waals surface area contributed by atoms with E-state index in [0.717, 1.165) is 31.1 Å². The van der Waals surface area contributed by atoms with Gasteiger partial charge >= 0.3 is 0 Å². The van der Waals surface area contributed by atoms with Gasteiger partial charge < -0.3 is 5.11 Å². The Bertz CT molecular complexity index is 299. The highest BCUT2D eigenvalue weighted by atomic mass is 32.1. The maximum absolute atomic E-state index is 8.82. The molecule has 86 valence electrons. The number of hydrogen-bond donors (Lipinski definition) is 1. The summed E-state index contributed by atoms with van der Waals surface area (Å²) in [6.45, 7) is 9.11. The van der Waals surface area contributed by atoms with Crippen molar-refractivity contribution in [2.24, 2.45) is 0 Å². The monoisotopic (exact) mass is 228 g/mol. The van der Waals surface area contributed by atoms with Gasteiger partial charge in [-0.05, 0) is 6.92 Å². The van der Waals surface area contributed by atoms with Gasteiger partial charge in [-0.25, -0.2) is 4.98 Å². The maximum atomic E-state index is 8.82. The van der Waals surface area contributed by atoms with Crippen molar-refractivity contribution in [3.8, 4) is 0 Å². The van der Waals surface area contributed by atoms with Crippen LogP contribution in [0.3, 0.4) is 0 Å². The molecule has 0 fully saturated rings. The summed E-state index contributed by atoms with van der Waals surface area (Å²) in [7, 11) is 0. The molecular weight excluding hydrogens is 208 g/mol. The topological polar surface area (TPSA) is 36.4 Å². The van der Waals surface area contributed by atoms with Gasteiger partial charge in [-0.2, -0.15) is 0 Å². The predicted molar refractivity (Wildman–Crippen MR) is 64.3 cm³/mol. The molecule has 0 saturated carbocycles. The summed E-state index contributed by atoms with van der Waals surface area (Å²) >= 11 is 1.79. The van der Waals surface area contributed by atoms with Gasteiger partial charge in [0, 0.05) is 30.9 Å². The SMILES string of the molecule is CC.Cc1nc2c(s1)CN(CCO)CC2. The molecule has 0 spiro atoms. The van der Waals surface area contributed by atoms with Crippen molar-refractivity contribution in [2.75, 3.05) is 19.7 Å². The number of aromatic nitrogens is 1. The first kappa shape index (κ1) is 12.6. The third-order valence-electron chi connectivity index (χ3n) is 2.33. The fraction of sp³-hybridized carbons (Fsp3) is 0.727. The Kier molecular flexibility index (Phi) is 5.22. The van der Waals surface area contributed by atoms with Gasteiger partial charge in [0.1, 0.15) is 0 Å². The van der Waals surface area contributed by atoms with E-state index < -0.39 is 0 Å². The molecule has 0 saturated heterocycles. The summed E-state index contributed by atoms with van der Waals surface area (Å²) in [6.07, 6.45) is 1.04. The molecule has 0 radical (unpaired) electrons. The summed E-state index contributed by atoms with van der Waals surface area (Å²) in [5.74, 6) is 0. The number of aryl methyl sites for hydroxylation is 1. The van der Waals surface area contributed by atoms with E-state index in [-0.39, 0.29) is 6.61 Å². The molecule has 2 heterocycles. The second kappa shape index (κ2) is 6.20. The zero-order valence-corrected chi connectivity index (χ0v) is 10.6. The van der Waals surface area contributed by atoms with Gasteiger partial charge in [0.15, 0.2) is 0 Å². The largest absolute Gasteiger partial charge is 0.395 e. The zero-order chi connectivity index (χ0) is 11.3. The Morgan fingerprint density at radius 3 is 2.87 bits per heavy atom. The standard InChI is InChI=1S/C9H14N2OS.C2H6/c1-7-10-8-2-3-11(4-5-12)6-9(8)13-7;1-2/h12H,2-6H2,1H3;1-2H3. The summed E-state index contributed by atoms with van der Waals surface area (Å²) < 4.78 is 0. The zero-order valence-electron chi connectivity index (χ0n) is 9.79. The van der Waals surface area contributed by atoms with E-state index in [1.165, 1.54) is 10.6 Å². The van der Waals surface area contributed by atoms with Gasteiger partial charge in [-0.1, -0.05) is 13.8 Å². The Balaban J connectivity index is 0.000000531. The first-order valence-electron chi connectivity index (χ1n) is 5.58. The van der Waals surface area contributed by atoms with Crippen molar-refractivity contribution in [3.63, 3.8) is 0 Å². The molecule has 1 aromatic rings. The van der Waals surface area contributed by atoms with Crippen molar-refractivity contribution < 1.29 is 5.11 Å². The van der Waals surface area contributed by atoms with Crippen LogP contribution in [0.1, 0.15) is 29.4 Å². The minimum atomic E-state index is 0.257. The van der Waals surface area contributed by atoms with Gasteiger partial charge in [0.2, 0.25) is 0 Å². The number of fused-ring (bicyclic) bond motifs is 1. The molecule has 15 heavy (non-hydrogen) atoms. The van der Waals surface area contributed by atoms with E-state index in [9.17, 15) is 0 Å². The summed E-state index contributed by atoms with van der Waals surface area (Å²) in [5.41, 5.74) is 1.27. The average molecular weight is 228 g/mol. The van der Waals surface area contributed by atoms with Crippen LogP contribution in [0.25, 0.3) is 0 Å². The van der Waals surface area contributed by atoms with E-state index in [1.807, 2.05) is 13.8 Å². The Labute approximate surface area is 95.8 Å². The molecule has 0 atom stereocenters. The van der Waals surface area contributed by atoms with Crippen molar-refractivity contribution in [1.82, 2.24) is 9.88 Å². The van der Waals surface area contributed by atoms with Crippen LogP contribution in [-0.2, 0) is 13.0 Å². The van der Waals surface area contributed by atoms with Crippen molar-refractivity contribution >= 4 is 11.3 Å². The highest BCUT2D eigenvalue weighted by molar-refractivity contribution is 7.11. The first-order valence-corrected chi connectivity index (χ1v) is 6.39. The fourth-order valence-corrected chi connectivity index (χ4v) is 2.73. The molecule has 1 aliphatic rings. The van der Waals surface area contributed by atoms with Crippen molar-refractivity contribution in [3.05, 3.63) is 15.6 Å². The molecule has 1 aliphatic heterocycles. The third kappa shape index (κ3) is 3.26. The summed E-state index contributed by atoms with van der Waals surface area (Å²) in [5, 5.41) is 9.98. The maximum Gasteiger partial charge on any atom is 0.0900 e. The predicted octanol–water partition coefficient (Wildman–Crippen LogP) is 1.83. The van der Waals surface area contributed by atoms with Crippen LogP contribution in [0.2, 0.25) is 0 Å². The molecule has 0 amide bonds. The molecular formula is C11H20N2OS. The van der Waals surface area contributed by atoms with Crippen LogP contribution in [0.4, 0.5) is 0 Å². The van der Waals surface area contributed by atoms with Gasteiger partial charge in [-0.3, -0.25) is 4.90 Å². The first-order chi connectivity index (χ1) is 7.29. The molecule has 0 bridgehead atoms. The molecule has 2 rings (SSSR count). The number of β-amino-alcohol motifs (C(OH)–C–C–N with tert-alkyl or cyclic N) is 1. The molecule has 1 aromatic heterocycles. The summed E-state index contributed by atoms with van der Waals surface area (Å²) in [6, 6.07) is 0. The van der Waals surface area contributed by atoms with E-state index >= 15 is 0 Å². The number of aliphatic hydroxyl groups is 1. The Hall–Kier alpha value is -0.450. The normalized spacial score (nSPS) is 15.5. The van der Waals surface area contributed by atoms with Crippen LogP contribution in [0, 0.1) is 6.92 Å². The van der Waals surface area contributed by atoms with Crippen molar-refractivity contribution in [1.29, 1.82) is 0 Å². The van der Waals surface area contributed by atoms with Crippen LogP contribution >= 0.6 is 11.3 Å². The van der Waals surface area contributed by atoms with E-state index in [1.54, 1.807) is 11.3 Å². The second-order valence-electron chi connectivity index (χ2n) is 3.35. The number of thiazole rings is 1. The molecule has 0 unspecified atom stereocenters. The van der Waals surface area contributed by atoms with Crippen LogP contribution in [0.5, 0.6) is 0 Å². The quantitative estimate of drug-likeness (QED) is 0.839. The Morgan fingerprint density at radius 2 is 2.20 bits per heavy atom. The minimum absolute atomic E-state index is 0.257. The molecule has 3 nitrogen and oxygen atoms in total. The van der Waals surface area contributed by atoms with Gasteiger partial charge in [0.25, 0.3) is 0 Å². The minimum Gasteiger partial charge on any atom is -0.395 e. The second-order valence-corrected chi connectivity index (χ2v) is 4.64. The highest BCUT2D eigenvalue weighted by Gasteiger charge is 2.18. The highest BCUT2D eigenvalue weighted by Crippen LogP contribution is 2.24. The average Bonchev–Trinajstić information content (AvgIpc) is 2.61. The van der Waals surface area contributed by atoms with Crippen LogP contribution < -0.4 is 0 Å². The number of hydrogen-bond acceptors (Lipinski definition) is 4. The molecule has 1 N–H and O–H groups in total. The molecule has 0 aromatic carbocycles. The lowest BCUT2D eigenvalue weighted by atomic mass is 10.2. The van der Waals surface area contributed by atoms with Crippen molar-refractivity contribution in [2.45, 2.75) is 33.7 Å². The van der Waals surface area contributed by atoms with E-state index in [2.05, 4.69) is 16.8 Å². The van der Waals surface area contributed by atoms with E-state index in [0.29, 0.717) is 0 Å². The number of aliphatic hydroxyl groups excluding tert-OH is 1. The molecule has 0 aliphatic carbocycles.